The van der Waals surface area contributed by atoms with Gasteiger partial charge in [0.1, 0.15) is 4.32 Å². The number of nitrogens with zero attached hydrogens (tertiary/aromatic N) is 2. The van der Waals surface area contributed by atoms with Gasteiger partial charge in [0.2, 0.25) is 0 Å². The first kappa shape index (κ1) is 13.7. The maximum Gasteiger partial charge on any atom is 0.327 e. The number of thioether (sulfide) groups is 1. The molecule has 1 amide bonds. The molecule has 0 unspecified atom stereocenters. The van der Waals surface area contributed by atoms with E-state index in [2.05, 4.69) is 0 Å². The molecule has 0 bridgehead atoms. The molecular weight excluding hydrogens is 260 g/mol. The van der Waals surface area contributed by atoms with Crippen LogP contribution in [-0.2, 0) is 14.3 Å². The van der Waals surface area contributed by atoms with Gasteiger partial charge in [-0.25, -0.2) is 0 Å². The van der Waals surface area contributed by atoms with Gasteiger partial charge in [0.05, 0.1) is 17.6 Å². The van der Waals surface area contributed by atoms with Crippen LogP contribution in [-0.4, -0.2) is 34.8 Å². The lowest BCUT2D eigenvalue weighted by molar-refractivity contribution is -0.144. The quantitative estimate of drug-likeness (QED) is 0.434. The van der Waals surface area contributed by atoms with Crippen molar-refractivity contribution in [3.05, 3.63) is 11.0 Å². The number of thiocarbonyl (C=S) groups is 1. The molecule has 0 aromatic heterocycles. The van der Waals surface area contributed by atoms with E-state index < -0.39 is 11.9 Å². The molecule has 1 aliphatic rings. The highest BCUT2D eigenvalue weighted by atomic mass is 32.2. The van der Waals surface area contributed by atoms with Gasteiger partial charge in [0.25, 0.3) is 5.91 Å². The van der Waals surface area contributed by atoms with E-state index in [-0.39, 0.29) is 17.4 Å². The molecule has 5 nitrogen and oxygen atoms in total. The Morgan fingerprint density at radius 3 is 2.82 bits per heavy atom. The maximum atomic E-state index is 11.6. The van der Waals surface area contributed by atoms with Crippen molar-refractivity contribution >= 4 is 40.2 Å². The number of ether oxygens (including phenoxy) is 1. The summed E-state index contributed by atoms with van der Waals surface area (Å²) < 4.78 is 5.13. The van der Waals surface area contributed by atoms with Crippen LogP contribution in [0.1, 0.15) is 6.92 Å². The van der Waals surface area contributed by atoms with E-state index in [9.17, 15) is 9.59 Å². The summed E-state index contributed by atoms with van der Waals surface area (Å²) >= 11 is 6.00. The van der Waals surface area contributed by atoms with Gasteiger partial charge in [-0.3, -0.25) is 14.5 Å². The van der Waals surface area contributed by atoms with Crippen molar-refractivity contribution in [3.8, 4) is 6.07 Å². The Bertz CT molecular complexity index is 439. The van der Waals surface area contributed by atoms with Gasteiger partial charge in [-0.05, 0) is 13.0 Å². The highest BCUT2D eigenvalue weighted by molar-refractivity contribution is 8.26. The molecule has 90 valence electrons. The van der Waals surface area contributed by atoms with E-state index in [1.807, 2.05) is 0 Å². The molecule has 7 heteroatoms. The molecule has 0 radical (unpaired) electrons. The average Bonchev–Trinajstić information content (AvgIpc) is 2.54. The Kier molecular flexibility index (Phi) is 4.66. The van der Waals surface area contributed by atoms with Gasteiger partial charge in [0.15, 0.2) is 5.92 Å². The highest BCUT2D eigenvalue weighted by Gasteiger charge is 2.31. The van der Waals surface area contributed by atoms with Gasteiger partial charge >= 0.3 is 5.97 Å². The van der Waals surface area contributed by atoms with E-state index in [1.165, 1.54) is 11.0 Å². The lowest BCUT2D eigenvalue weighted by atomic mass is 10.1. The SMILES string of the molecule is CCOC(=O)[C@H](C#N)/C=C1\SC(=S)N(C)C1=O. The zero-order valence-electron chi connectivity index (χ0n) is 9.30. The number of carbonyl (C=O) groups excluding carboxylic acids is 2. The topological polar surface area (TPSA) is 70.4 Å². The van der Waals surface area contributed by atoms with Crippen LogP contribution in [0.3, 0.4) is 0 Å². The predicted molar refractivity (Wildman–Crippen MR) is 66.8 cm³/mol. The second kappa shape index (κ2) is 5.80. The fourth-order valence-electron chi connectivity index (χ4n) is 1.10. The van der Waals surface area contributed by atoms with Crippen molar-refractivity contribution in [1.29, 1.82) is 5.26 Å². The van der Waals surface area contributed by atoms with Crippen LogP contribution in [0, 0.1) is 17.2 Å². The largest absolute Gasteiger partial charge is 0.465 e. The third-order valence-electron chi connectivity index (χ3n) is 1.98. The van der Waals surface area contributed by atoms with Crippen LogP contribution in [0.4, 0.5) is 0 Å². The maximum absolute atomic E-state index is 11.6. The molecule has 0 aromatic carbocycles. The van der Waals surface area contributed by atoms with Gasteiger partial charge < -0.3 is 4.74 Å². The van der Waals surface area contributed by atoms with E-state index >= 15 is 0 Å². The van der Waals surface area contributed by atoms with Crippen molar-refractivity contribution in [2.75, 3.05) is 13.7 Å². The Balaban J connectivity index is 2.88. The Morgan fingerprint density at radius 2 is 2.41 bits per heavy atom. The second-order valence-corrected chi connectivity index (χ2v) is 4.80. The minimum atomic E-state index is -1.07. The molecule has 1 atom stereocenters. The molecule has 0 aromatic rings. The van der Waals surface area contributed by atoms with E-state index in [4.69, 9.17) is 22.2 Å². The normalized spacial score (nSPS) is 19.4. The highest BCUT2D eigenvalue weighted by Crippen LogP contribution is 2.30. The number of nitriles is 1. The number of hydrogen-bond donors (Lipinski definition) is 0. The first-order chi connectivity index (χ1) is 8.01. The van der Waals surface area contributed by atoms with E-state index in [1.54, 1.807) is 20.0 Å². The third-order valence-corrected chi connectivity index (χ3v) is 3.49. The number of likely N-dealkylation sites (N-methyl/N-ethyl adjacent to an activating group) is 1. The van der Waals surface area contributed by atoms with Gasteiger partial charge in [-0.2, -0.15) is 5.26 Å². The molecular formula is C10H10N2O3S2. The molecule has 1 fully saturated rings. The number of rotatable bonds is 3. The number of amides is 1. The standard InChI is InChI=1S/C10H10N2O3S2/c1-3-15-9(14)6(5-11)4-7-8(13)12(2)10(16)17-7/h4,6H,3H2,1-2H3/b7-4-/t6-/m0/s1. The van der Waals surface area contributed by atoms with Crippen LogP contribution in [0.2, 0.25) is 0 Å². The Morgan fingerprint density at radius 1 is 1.76 bits per heavy atom. The molecule has 1 aliphatic heterocycles. The first-order valence-corrected chi connectivity index (χ1v) is 6.01. The second-order valence-electron chi connectivity index (χ2n) is 3.12. The van der Waals surface area contributed by atoms with Gasteiger partial charge in [0, 0.05) is 7.05 Å². The molecule has 0 aliphatic carbocycles. The van der Waals surface area contributed by atoms with Gasteiger partial charge in [-0.1, -0.05) is 24.0 Å². The van der Waals surface area contributed by atoms with Crippen LogP contribution in [0.15, 0.2) is 11.0 Å². The number of carbonyl (C=O) groups is 2. The lowest BCUT2D eigenvalue weighted by Gasteiger charge is -2.05. The summed E-state index contributed by atoms with van der Waals surface area (Å²) in [7, 11) is 1.55. The molecule has 1 heterocycles. The minimum Gasteiger partial charge on any atom is -0.465 e. The van der Waals surface area contributed by atoms with E-state index in [0.717, 1.165) is 11.8 Å². The summed E-state index contributed by atoms with van der Waals surface area (Å²) in [6.45, 7) is 1.84. The first-order valence-electron chi connectivity index (χ1n) is 4.79. The molecule has 0 spiro atoms. The number of hydrogen-bond acceptors (Lipinski definition) is 6. The minimum absolute atomic E-state index is 0.194. The molecule has 1 rings (SSSR count). The van der Waals surface area contributed by atoms with Crippen LogP contribution in [0.25, 0.3) is 0 Å². The van der Waals surface area contributed by atoms with Crippen molar-refractivity contribution in [2.24, 2.45) is 5.92 Å². The molecule has 0 saturated carbocycles. The molecule has 1 saturated heterocycles. The zero-order chi connectivity index (χ0) is 13.0. The van der Waals surface area contributed by atoms with Crippen molar-refractivity contribution in [3.63, 3.8) is 0 Å². The van der Waals surface area contributed by atoms with Crippen LogP contribution >= 0.6 is 24.0 Å². The van der Waals surface area contributed by atoms with Crippen molar-refractivity contribution in [2.45, 2.75) is 6.92 Å². The van der Waals surface area contributed by atoms with Crippen molar-refractivity contribution < 1.29 is 14.3 Å². The fourth-order valence-corrected chi connectivity index (χ4v) is 2.29. The summed E-state index contributed by atoms with van der Waals surface area (Å²) in [4.78, 5) is 24.6. The Hall–Kier alpha value is -1.39. The molecule has 0 N–H and O–H groups in total. The van der Waals surface area contributed by atoms with Crippen LogP contribution in [0.5, 0.6) is 0 Å². The van der Waals surface area contributed by atoms with E-state index in [0.29, 0.717) is 4.32 Å². The summed E-state index contributed by atoms with van der Waals surface area (Å²) in [5.74, 6) is -2.03. The summed E-state index contributed by atoms with van der Waals surface area (Å²) in [5, 5.41) is 8.84. The lowest BCUT2D eigenvalue weighted by Crippen LogP contribution is -2.23. The number of esters is 1. The summed E-state index contributed by atoms with van der Waals surface area (Å²) in [6, 6.07) is 1.79. The zero-order valence-corrected chi connectivity index (χ0v) is 10.9. The van der Waals surface area contributed by atoms with Gasteiger partial charge in [-0.15, -0.1) is 0 Å². The monoisotopic (exact) mass is 270 g/mol. The Labute approximate surface area is 108 Å². The third kappa shape index (κ3) is 3.05. The van der Waals surface area contributed by atoms with Crippen molar-refractivity contribution in [1.82, 2.24) is 4.90 Å². The molecule has 17 heavy (non-hydrogen) atoms. The predicted octanol–water partition coefficient (Wildman–Crippen LogP) is 1.06. The average molecular weight is 270 g/mol. The van der Waals surface area contributed by atoms with Crippen LogP contribution < -0.4 is 0 Å². The fraction of sp³-hybridized carbons (Fsp3) is 0.400. The summed E-state index contributed by atoms with van der Waals surface area (Å²) in [6.07, 6.45) is 1.29. The smallest absolute Gasteiger partial charge is 0.327 e. The summed E-state index contributed by atoms with van der Waals surface area (Å²) in [5.41, 5.74) is 0.